The third-order valence-electron chi connectivity index (χ3n) is 14.6. The molecular weight excluding hydrogens is 1090 g/mol. The third-order valence-corrected chi connectivity index (χ3v) is 16.5. The molecule has 0 bridgehead atoms. The lowest BCUT2D eigenvalue weighted by Gasteiger charge is -2.21. The van der Waals surface area contributed by atoms with Gasteiger partial charge in [-0.3, -0.25) is 37.3 Å². The lowest BCUT2D eigenvalue weighted by molar-refractivity contribution is -0.161. The summed E-state index contributed by atoms with van der Waals surface area (Å²) >= 11 is 0. The van der Waals surface area contributed by atoms with Crippen molar-refractivity contribution in [3.05, 3.63) is 0 Å². The number of phosphoric acid groups is 2. The van der Waals surface area contributed by atoms with Gasteiger partial charge in [-0.05, 0) is 25.7 Å². The number of esters is 4. The second kappa shape index (κ2) is 58.1. The second-order valence-corrected chi connectivity index (χ2v) is 25.7. The molecule has 0 saturated carbocycles. The van der Waals surface area contributed by atoms with Gasteiger partial charge in [0, 0.05) is 25.7 Å². The molecule has 0 saturated heterocycles. The van der Waals surface area contributed by atoms with Gasteiger partial charge in [0.05, 0.1) is 26.4 Å². The summed E-state index contributed by atoms with van der Waals surface area (Å²) in [5, 5.41) is 10.5. The van der Waals surface area contributed by atoms with E-state index in [4.69, 9.17) is 37.0 Å². The largest absolute Gasteiger partial charge is 0.472 e. The fourth-order valence-electron chi connectivity index (χ4n) is 9.46. The zero-order valence-electron chi connectivity index (χ0n) is 52.5. The number of unbranched alkanes of at least 4 members (excludes halogenated alkanes) is 38. The van der Waals surface area contributed by atoms with E-state index in [2.05, 4.69) is 27.7 Å². The molecule has 2 unspecified atom stereocenters. The Kier molecular flexibility index (Phi) is 56.7. The fourth-order valence-corrected chi connectivity index (χ4v) is 11.0. The van der Waals surface area contributed by atoms with Crippen molar-refractivity contribution in [1.29, 1.82) is 0 Å². The Bertz CT molecular complexity index is 1590. The molecular formula is C63H122O17P2. The molecule has 0 aromatic rings. The topological polar surface area (TPSA) is 237 Å². The van der Waals surface area contributed by atoms with Crippen LogP contribution in [0.25, 0.3) is 0 Å². The highest BCUT2D eigenvalue weighted by molar-refractivity contribution is 7.47. The van der Waals surface area contributed by atoms with E-state index in [1.54, 1.807) is 0 Å². The Balaban J connectivity index is 5.08. The quantitative estimate of drug-likeness (QED) is 0.0222. The Morgan fingerprint density at radius 3 is 0.720 bits per heavy atom. The maximum atomic E-state index is 13.0. The van der Waals surface area contributed by atoms with Crippen LogP contribution in [0.1, 0.15) is 323 Å². The van der Waals surface area contributed by atoms with Crippen LogP contribution in [0.5, 0.6) is 0 Å². The molecule has 3 N–H and O–H groups in total. The molecule has 0 spiro atoms. The van der Waals surface area contributed by atoms with Gasteiger partial charge in [-0.15, -0.1) is 0 Å². The highest BCUT2D eigenvalue weighted by Crippen LogP contribution is 2.45. The highest BCUT2D eigenvalue weighted by atomic mass is 31.2. The first-order valence-corrected chi connectivity index (χ1v) is 36.3. The van der Waals surface area contributed by atoms with Crippen LogP contribution in [-0.4, -0.2) is 96.7 Å². The molecule has 0 radical (unpaired) electrons. The molecule has 0 amide bonds. The first-order valence-electron chi connectivity index (χ1n) is 33.3. The van der Waals surface area contributed by atoms with Gasteiger partial charge < -0.3 is 33.8 Å². The molecule has 0 aliphatic rings. The van der Waals surface area contributed by atoms with E-state index in [0.29, 0.717) is 25.7 Å². The second-order valence-electron chi connectivity index (χ2n) is 22.8. The van der Waals surface area contributed by atoms with Crippen molar-refractivity contribution < 1.29 is 80.2 Å². The number of carbonyl (C=O) groups excluding carboxylic acids is 4. The summed E-state index contributed by atoms with van der Waals surface area (Å²) in [6, 6.07) is 0. The number of phosphoric ester groups is 2. The van der Waals surface area contributed by atoms with Gasteiger partial charge in [-0.25, -0.2) is 9.13 Å². The first-order chi connectivity index (χ1) is 39.7. The summed E-state index contributed by atoms with van der Waals surface area (Å²) in [7, 11) is -9.86. The molecule has 0 aliphatic heterocycles. The SMILES string of the molecule is CCCCCCCCCCCCCCCCCCCCC(=O)O[C@H](COC(=O)CCCCCCCCCCCCCCCC)COP(=O)(O)OC[C@@H](O)COP(=O)(O)OC[C@@H](COC(=O)CCCCCCC)OC(=O)CCCCCCC. The Hall–Kier alpha value is -1.94. The first kappa shape index (κ1) is 80.1. The van der Waals surface area contributed by atoms with Crippen LogP contribution < -0.4 is 0 Å². The van der Waals surface area contributed by atoms with Crippen LogP contribution in [0.3, 0.4) is 0 Å². The molecule has 0 rings (SSSR count). The predicted molar refractivity (Wildman–Crippen MR) is 326 cm³/mol. The van der Waals surface area contributed by atoms with Crippen molar-refractivity contribution >= 4 is 39.5 Å². The summed E-state index contributed by atoms with van der Waals surface area (Å²) in [4.78, 5) is 71.6. The van der Waals surface area contributed by atoms with Gasteiger partial charge in [0.15, 0.2) is 12.2 Å². The number of aliphatic hydroxyl groups is 1. The van der Waals surface area contributed by atoms with E-state index in [-0.39, 0.29) is 25.7 Å². The maximum Gasteiger partial charge on any atom is 0.472 e. The lowest BCUT2D eigenvalue weighted by atomic mass is 10.0. The summed E-state index contributed by atoms with van der Waals surface area (Å²) in [6.45, 7) is 4.71. The van der Waals surface area contributed by atoms with Crippen molar-refractivity contribution in [1.82, 2.24) is 0 Å². The van der Waals surface area contributed by atoms with E-state index in [1.807, 2.05) is 0 Å². The summed E-state index contributed by atoms with van der Waals surface area (Å²) in [5.41, 5.74) is 0. The average molecular weight is 1210 g/mol. The maximum absolute atomic E-state index is 13.0. The van der Waals surface area contributed by atoms with Crippen molar-refractivity contribution in [2.45, 2.75) is 341 Å². The van der Waals surface area contributed by atoms with Gasteiger partial charge in [0.2, 0.25) is 0 Å². The number of hydrogen-bond donors (Lipinski definition) is 3. The van der Waals surface area contributed by atoms with Crippen LogP contribution in [0.2, 0.25) is 0 Å². The standard InChI is InChI=1S/C63H122O17P2/c1-5-9-13-17-19-21-23-25-27-28-29-30-32-34-36-38-42-46-50-63(68)80-59(54-74-61(66)48-44-41-37-35-33-31-26-24-22-20-18-14-10-6-2)56-78-82(71,72)76-52-57(64)51-75-81(69,70)77-55-58(79-62(67)49-45-40-16-12-8-4)53-73-60(65)47-43-39-15-11-7-3/h57-59,64H,5-56H2,1-4H3,(H,69,70)(H,71,72)/t57-,58+,59+/m0/s1. The minimum Gasteiger partial charge on any atom is -0.462 e. The molecule has 0 heterocycles. The molecule has 0 aliphatic carbocycles. The lowest BCUT2D eigenvalue weighted by Crippen LogP contribution is -2.30. The predicted octanol–water partition coefficient (Wildman–Crippen LogP) is 17.5. The summed E-state index contributed by atoms with van der Waals surface area (Å²) in [5.74, 6) is -2.15. The molecule has 486 valence electrons. The van der Waals surface area contributed by atoms with Gasteiger partial charge in [0.25, 0.3) is 0 Å². The molecule has 82 heavy (non-hydrogen) atoms. The zero-order chi connectivity index (χ0) is 60.5. The van der Waals surface area contributed by atoms with E-state index in [0.717, 1.165) is 96.3 Å². The Morgan fingerprint density at radius 1 is 0.293 bits per heavy atom. The molecule has 0 fully saturated rings. The number of carbonyl (C=O) groups is 4. The van der Waals surface area contributed by atoms with Gasteiger partial charge in [0.1, 0.15) is 19.3 Å². The van der Waals surface area contributed by atoms with Crippen LogP contribution in [0, 0.1) is 0 Å². The summed E-state index contributed by atoms with van der Waals surface area (Å²) < 4.78 is 67.5. The van der Waals surface area contributed by atoms with Crippen LogP contribution >= 0.6 is 15.6 Å². The zero-order valence-corrected chi connectivity index (χ0v) is 54.2. The van der Waals surface area contributed by atoms with Crippen molar-refractivity contribution in [3.8, 4) is 0 Å². The molecule has 19 heteroatoms. The number of hydrogen-bond acceptors (Lipinski definition) is 15. The Labute approximate surface area is 498 Å². The molecule has 0 aromatic carbocycles. The number of ether oxygens (including phenoxy) is 4. The van der Waals surface area contributed by atoms with Gasteiger partial charge >= 0.3 is 39.5 Å². The number of rotatable bonds is 64. The monoisotopic (exact) mass is 1210 g/mol. The van der Waals surface area contributed by atoms with Crippen LogP contribution in [-0.2, 0) is 65.4 Å². The smallest absolute Gasteiger partial charge is 0.462 e. The minimum absolute atomic E-state index is 0.0992. The normalized spacial score (nSPS) is 14.2. The van der Waals surface area contributed by atoms with E-state index in [1.165, 1.54) is 148 Å². The molecule has 0 aromatic heterocycles. The minimum atomic E-state index is -4.94. The highest BCUT2D eigenvalue weighted by Gasteiger charge is 2.30. The van der Waals surface area contributed by atoms with Crippen molar-refractivity contribution in [2.24, 2.45) is 0 Å². The summed E-state index contributed by atoms with van der Waals surface area (Å²) in [6.07, 6.45) is 43.9. The van der Waals surface area contributed by atoms with Crippen molar-refractivity contribution in [3.63, 3.8) is 0 Å². The molecule has 17 nitrogen and oxygen atoms in total. The third kappa shape index (κ3) is 57.2. The number of aliphatic hydroxyl groups excluding tert-OH is 1. The van der Waals surface area contributed by atoms with Gasteiger partial charge in [-0.2, -0.15) is 0 Å². The van der Waals surface area contributed by atoms with E-state index in [9.17, 15) is 43.2 Å². The van der Waals surface area contributed by atoms with Crippen molar-refractivity contribution in [2.75, 3.05) is 39.6 Å². The average Bonchev–Trinajstić information content (AvgIpc) is 3.46. The van der Waals surface area contributed by atoms with E-state index >= 15 is 0 Å². The fraction of sp³-hybridized carbons (Fsp3) is 0.937. The van der Waals surface area contributed by atoms with Crippen LogP contribution in [0.15, 0.2) is 0 Å². The Morgan fingerprint density at radius 2 is 0.488 bits per heavy atom. The molecule has 5 atom stereocenters. The van der Waals surface area contributed by atoms with E-state index < -0.39 is 97.5 Å². The van der Waals surface area contributed by atoms with Crippen LogP contribution in [0.4, 0.5) is 0 Å². The van der Waals surface area contributed by atoms with Gasteiger partial charge in [-0.1, -0.05) is 272 Å².